The van der Waals surface area contributed by atoms with E-state index in [9.17, 15) is 30.4 Å². The van der Waals surface area contributed by atoms with Crippen LogP contribution in [0.2, 0.25) is 0 Å². The third-order valence-corrected chi connectivity index (χ3v) is 5.91. The van der Waals surface area contributed by atoms with Crippen LogP contribution in [0.4, 0.5) is 8.78 Å². The predicted octanol–water partition coefficient (Wildman–Crippen LogP) is 2.99. The molecular weight excluding hydrogens is 446 g/mol. The molecule has 0 fully saturated rings. The molecule has 0 spiro atoms. The monoisotopic (exact) mass is 458 g/mol. The van der Waals surface area contributed by atoms with Crippen molar-refractivity contribution in [3.63, 3.8) is 0 Å². The maximum absolute atomic E-state index is 13.4. The quantitative estimate of drug-likeness (QED) is 0.259. The molecule has 0 amide bonds. The van der Waals surface area contributed by atoms with E-state index in [0.29, 0.717) is 5.39 Å². The van der Waals surface area contributed by atoms with E-state index < -0.39 is 42.1 Å². The van der Waals surface area contributed by atoms with Crippen molar-refractivity contribution < 1.29 is 43.9 Å². The summed E-state index contributed by atoms with van der Waals surface area (Å²) in [7, 11) is -10.8. The van der Waals surface area contributed by atoms with E-state index in [2.05, 4.69) is 4.74 Å². The molecule has 0 aliphatic carbocycles. The van der Waals surface area contributed by atoms with Gasteiger partial charge in [0.05, 0.1) is 0 Å². The van der Waals surface area contributed by atoms with Gasteiger partial charge >= 0.3 is 31.5 Å². The van der Waals surface area contributed by atoms with Crippen LogP contribution in [-0.2, 0) is 25.0 Å². The summed E-state index contributed by atoms with van der Waals surface area (Å²) >= 11 is 0. The molecule has 0 saturated carbocycles. The van der Waals surface area contributed by atoms with Crippen LogP contribution in [-0.4, -0.2) is 32.6 Å². The number of hydrogen-bond acceptors (Lipinski definition) is 7. The molecule has 8 nitrogen and oxygen atoms in total. The summed E-state index contributed by atoms with van der Waals surface area (Å²) in [6.07, 6.45) is 0. The summed E-state index contributed by atoms with van der Waals surface area (Å²) in [6.45, 7) is 0. The molecular formula is C18H12F2O8S2. The largest absolute Gasteiger partial charge is 0.466 e. The van der Waals surface area contributed by atoms with Crippen molar-refractivity contribution in [2.75, 3.05) is 0 Å². The molecule has 158 valence electrons. The highest BCUT2D eigenvalue weighted by Gasteiger charge is 2.54. The van der Waals surface area contributed by atoms with Gasteiger partial charge in [-0.1, -0.05) is 42.5 Å². The fourth-order valence-electron chi connectivity index (χ4n) is 2.40. The van der Waals surface area contributed by atoms with Gasteiger partial charge in [-0.05, 0) is 35.0 Å². The number of para-hydroxylation sites is 1. The minimum atomic E-state index is -6.13. The van der Waals surface area contributed by atoms with Gasteiger partial charge in [0.2, 0.25) is 0 Å². The number of halogens is 2. The first kappa shape index (κ1) is 21.6. The Bertz CT molecular complexity index is 1340. The number of carbonyl (C=O) groups excluding carboxylic acids is 1. The van der Waals surface area contributed by atoms with Crippen LogP contribution in [0.15, 0.2) is 71.6 Å². The van der Waals surface area contributed by atoms with E-state index >= 15 is 0 Å². The Kier molecular flexibility index (Phi) is 5.50. The number of ether oxygens (including phenoxy) is 1. The molecule has 0 saturated heterocycles. The van der Waals surface area contributed by atoms with Crippen molar-refractivity contribution in [3.05, 3.63) is 66.7 Å². The van der Waals surface area contributed by atoms with Crippen molar-refractivity contribution in [3.8, 4) is 11.5 Å². The van der Waals surface area contributed by atoms with Crippen molar-refractivity contribution in [2.45, 2.75) is 10.2 Å². The lowest BCUT2D eigenvalue weighted by atomic mass is 10.1. The van der Waals surface area contributed by atoms with Gasteiger partial charge in [0.25, 0.3) is 0 Å². The van der Waals surface area contributed by atoms with Gasteiger partial charge in [-0.25, -0.2) is 4.79 Å². The van der Waals surface area contributed by atoms with E-state index in [1.165, 1.54) is 18.2 Å². The lowest BCUT2D eigenvalue weighted by molar-refractivity contribution is -0.151. The number of esters is 1. The molecule has 0 atom stereocenters. The molecule has 0 aromatic heterocycles. The van der Waals surface area contributed by atoms with Crippen molar-refractivity contribution in [2.24, 2.45) is 0 Å². The van der Waals surface area contributed by atoms with Crippen LogP contribution >= 0.6 is 0 Å². The summed E-state index contributed by atoms with van der Waals surface area (Å²) in [5.41, 5.74) is 0. The van der Waals surface area contributed by atoms with Crippen LogP contribution in [0.1, 0.15) is 0 Å². The zero-order valence-electron chi connectivity index (χ0n) is 14.7. The summed E-state index contributed by atoms with van der Waals surface area (Å²) in [4.78, 5) is 10.7. The number of benzene rings is 3. The van der Waals surface area contributed by atoms with Gasteiger partial charge < -0.3 is 8.92 Å². The van der Waals surface area contributed by atoms with Gasteiger partial charge in [-0.15, -0.1) is 0 Å². The molecule has 1 N–H and O–H groups in total. The average molecular weight is 458 g/mol. The van der Waals surface area contributed by atoms with Crippen molar-refractivity contribution in [1.29, 1.82) is 0 Å². The second-order valence-corrected chi connectivity index (χ2v) is 8.85. The third-order valence-electron chi connectivity index (χ3n) is 3.81. The van der Waals surface area contributed by atoms with E-state index in [0.717, 1.165) is 23.6 Å². The topological polar surface area (TPSA) is 124 Å². The molecule has 3 aromatic rings. The first-order valence-corrected chi connectivity index (χ1v) is 10.9. The van der Waals surface area contributed by atoms with E-state index in [1.54, 1.807) is 30.3 Å². The molecule has 0 unspecified atom stereocenters. The molecule has 3 aromatic carbocycles. The minimum absolute atomic E-state index is 0.0990. The van der Waals surface area contributed by atoms with E-state index in [1.807, 2.05) is 0 Å². The normalized spacial score (nSPS) is 12.5. The molecule has 12 heteroatoms. The summed E-state index contributed by atoms with van der Waals surface area (Å²) in [5, 5.41) is -3.83. The first-order chi connectivity index (χ1) is 13.9. The number of alkyl halides is 2. The van der Waals surface area contributed by atoms with Crippen LogP contribution in [0, 0.1) is 0 Å². The number of hydrogen-bond donors (Lipinski definition) is 1. The van der Waals surface area contributed by atoms with Gasteiger partial charge in [0, 0.05) is 0 Å². The summed E-state index contributed by atoms with van der Waals surface area (Å²) in [6, 6.07) is 15.5. The Hall–Kier alpha value is -3.09. The average Bonchev–Trinajstić information content (AvgIpc) is 2.67. The molecule has 0 heterocycles. The molecule has 0 radical (unpaired) electrons. The van der Waals surface area contributed by atoms with Crippen LogP contribution < -0.4 is 8.92 Å². The van der Waals surface area contributed by atoms with Gasteiger partial charge in [0.1, 0.15) is 10.6 Å². The highest BCUT2D eigenvalue weighted by Crippen LogP contribution is 2.31. The number of carbonyl (C=O) groups is 1. The number of fused-ring (bicyclic) bond motifs is 1. The highest BCUT2D eigenvalue weighted by molar-refractivity contribution is 7.87. The first-order valence-electron chi connectivity index (χ1n) is 8.01. The fraction of sp³-hybridized carbons (Fsp3) is 0.0556. The molecule has 0 aliphatic rings. The number of rotatable bonds is 6. The Labute approximate surface area is 169 Å². The summed E-state index contributed by atoms with van der Waals surface area (Å²) < 4.78 is 91.2. The Morgan fingerprint density at radius 1 is 0.867 bits per heavy atom. The predicted molar refractivity (Wildman–Crippen MR) is 100 cm³/mol. The summed E-state index contributed by atoms with van der Waals surface area (Å²) in [5.74, 6) is -3.69. The maximum atomic E-state index is 13.4. The lowest BCUT2D eigenvalue weighted by Gasteiger charge is -2.14. The van der Waals surface area contributed by atoms with Crippen LogP contribution in [0.25, 0.3) is 10.8 Å². The van der Waals surface area contributed by atoms with Crippen molar-refractivity contribution >= 4 is 37.0 Å². The zero-order valence-corrected chi connectivity index (χ0v) is 16.4. The molecule has 0 bridgehead atoms. The SMILES string of the molecule is O=C(Oc1ccccc1S(=O)(=O)Oc1ccc2ccccc2c1)C(F)(F)S(=O)(=O)O. The molecule has 3 rings (SSSR count). The smallest absolute Gasteiger partial charge is 0.420 e. The van der Waals surface area contributed by atoms with Gasteiger partial charge in [-0.3, -0.25) is 4.55 Å². The van der Waals surface area contributed by atoms with Crippen LogP contribution in [0.3, 0.4) is 0 Å². The molecule has 30 heavy (non-hydrogen) atoms. The standard InChI is InChI=1S/C18H12F2O8S2/c19-18(20,30(24,25)26)17(21)27-15-7-3-4-8-16(15)29(22,23)28-14-10-9-12-5-1-2-6-13(12)11-14/h1-11H,(H,24,25,26). The van der Waals surface area contributed by atoms with Gasteiger partial charge in [0.15, 0.2) is 5.75 Å². The zero-order chi connectivity index (χ0) is 22.2. The maximum Gasteiger partial charge on any atom is 0.466 e. The second-order valence-electron chi connectivity index (χ2n) is 5.87. The molecule has 0 aliphatic heterocycles. The van der Waals surface area contributed by atoms with Gasteiger partial charge in [-0.2, -0.15) is 25.6 Å². The second kappa shape index (κ2) is 7.63. The van der Waals surface area contributed by atoms with Crippen LogP contribution in [0.5, 0.6) is 11.5 Å². The minimum Gasteiger partial charge on any atom is -0.420 e. The third kappa shape index (κ3) is 4.25. The lowest BCUT2D eigenvalue weighted by Crippen LogP contribution is -2.40. The fourth-order valence-corrected chi connectivity index (χ4v) is 3.70. The Morgan fingerprint density at radius 2 is 1.47 bits per heavy atom. The Balaban J connectivity index is 1.94. The van der Waals surface area contributed by atoms with Crippen molar-refractivity contribution in [1.82, 2.24) is 0 Å². The van der Waals surface area contributed by atoms with E-state index in [-0.39, 0.29) is 5.75 Å². The Morgan fingerprint density at radius 3 is 2.13 bits per heavy atom. The highest BCUT2D eigenvalue weighted by atomic mass is 32.2. The van der Waals surface area contributed by atoms with E-state index in [4.69, 9.17) is 8.74 Å².